The largest absolute Gasteiger partial charge is 0.399 e. The normalized spacial score (nSPS) is 16.8. The zero-order chi connectivity index (χ0) is 17.8. The van der Waals surface area contributed by atoms with Crippen LogP contribution in [0.2, 0.25) is 0 Å². The molecule has 134 valence electrons. The standard InChI is InChI=1S/C19H25N3O2S/c1-21(2)17-8-7-15(20)11-14(17)12-22(13-16-5-3-9-24-16)19(23)18-6-4-10-25-18/h4,6-8,10-11,16H,3,5,9,12-13,20H2,1-2H3/t16-/m1/s1. The van der Waals surface area contributed by atoms with Gasteiger partial charge in [-0.25, -0.2) is 0 Å². The minimum Gasteiger partial charge on any atom is -0.399 e. The number of nitrogen functional groups attached to an aromatic ring is 1. The predicted octanol–water partition coefficient (Wildman–Crippen LogP) is 3.22. The molecule has 0 aliphatic carbocycles. The molecule has 1 aromatic heterocycles. The van der Waals surface area contributed by atoms with E-state index in [-0.39, 0.29) is 12.0 Å². The summed E-state index contributed by atoms with van der Waals surface area (Å²) < 4.78 is 5.76. The van der Waals surface area contributed by atoms with Crippen LogP contribution >= 0.6 is 11.3 Å². The SMILES string of the molecule is CN(C)c1ccc(N)cc1CN(C[C@H]1CCCO1)C(=O)c1cccs1. The molecule has 2 N–H and O–H groups in total. The minimum absolute atomic E-state index is 0.0534. The summed E-state index contributed by atoms with van der Waals surface area (Å²) in [4.78, 5) is 17.7. The van der Waals surface area contributed by atoms with E-state index >= 15 is 0 Å². The third-order valence-corrected chi connectivity index (χ3v) is 5.27. The molecule has 6 heteroatoms. The molecule has 0 radical (unpaired) electrons. The average molecular weight is 359 g/mol. The summed E-state index contributed by atoms with van der Waals surface area (Å²) in [6.07, 6.45) is 2.19. The Bertz CT molecular complexity index is 709. The van der Waals surface area contributed by atoms with E-state index in [1.807, 2.05) is 54.7 Å². The van der Waals surface area contributed by atoms with Crippen LogP contribution in [0.4, 0.5) is 11.4 Å². The molecule has 2 aromatic rings. The fourth-order valence-electron chi connectivity index (χ4n) is 3.18. The summed E-state index contributed by atoms with van der Waals surface area (Å²) in [6, 6.07) is 9.64. The van der Waals surface area contributed by atoms with E-state index in [9.17, 15) is 4.79 Å². The van der Waals surface area contributed by atoms with Crippen LogP contribution in [0.5, 0.6) is 0 Å². The van der Waals surface area contributed by atoms with Crippen molar-refractivity contribution in [2.75, 3.05) is 37.9 Å². The number of rotatable bonds is 6. The van der Waals surface area contributed by atoms with E-state index in [2.05, 4.69) is 4.90 Å². The zero-order valence-corrected chi connectivity index (χ0v) is 15.6. The van der Waals surface area contributed by atoms with Crippen molar-refractivity contribution in [3.05, 3.63) is 46.2 Å². The molecule has 2 heterocycles. The molecule has 1 aromatic carbocycles. The first-order chi connectivity index (χ1) is 12.0. The van der Waals surface area contributed by atoms with E-state index in [4.69, 9.17) is 10.5 Å². The molecule has 1 atom stereocenters. The van der Waals surface area contributed by atoms with Crippen LogP contribution in [-0.4, -0.2) is 44.2 Å². The number of carbonyl (C=O) groups is 1. The van der Waals surface area contributed by atoms with Crippen LogP contribution in [-0.2, 0) is 11.3 Å². The lowest BCUT2D eigenvalue weighted by Gasteiger charge is -2.27. The molecule has 25 heavy (non-hydrogen) atoms. The summed E-state index contributed by atoms with van der Waals surface area (Å²) >= 11 is 1.47. The van der Waals surface area contributed by atoms with Crippen LogP contribution in [0.1, 0.15) is 28.1 Å². The number of hydrogen-bond acceptors (Lipinski definition) is 5. The second-order valence-electron chi connectivity index (χ2n) is 6.58. The molecule has 1 fully saturated rings. The van der Waals surface area contributed by atoms with Crippen molar-refractivity contribution in [2.24, 2.45) is 0 Å². The van der Waals surface area contributed by atoms with Gasteiger partial charge >= 0.3 is 0 Å². The summed E-state index contributed by atoms with van der Waals surface area (Å²) in [5.74, 6) is 0.0534. The molecule has 5 nitrogen and oxygen atoms in total. The molecule has 1 saturated heterocycles. The monoisotopic (exact) mass is 359 g/mol. The molecule has 1 amide bonds. The quantitative estimate of drug-likeness (QED) is 0.805. The summed E-state index contributed by atoms with van der Waals surface area (Å²) in [5.41, 5.74) is 8.83. The first kappa shape index (κ1) is 17.8. The number of thiophene rings is 1. The van der Waals surface area contributed by atoms with Gasteiger partial charge in [0.15, 0.2) is 0 Å². The average Bonchev–Trinajstić information content (AvgIpc) is 3.27. The fraction of sp³-hybridized carbons (Fsp3) is 0.421. The molecule has 0 unspecified atom stereocenters. The Morgan fingerprint density at radius 2 is 2.20 bits per heavy atom. The number of benzene rings is 1. The van der Waals surface area contributed by atoms with Crippen molar-refractivity contribution in [3.63, 3.8) is 0 Å². The van der Waals surface area contributed by atoms with Gasteiger partial charge in [0.2, 0.25) is 0 Å². The Kier molecular flexibility index (Phi) is 5.60. The van der Waals surface area contributed by atoms with Gasteiger partial charge < -0.3 is 20.3 Å². The van der Waals surface area contributed by atoms with Crippen LogP contribution in [0, 0.1) is 0 Å². The Morgan fingerprint density at radius 3 is 2.84 bits per heavy atom. The smallest absolute Gasteiger partial charge is 0.264 e. The Morgan fingerprint density at radius 1 is 1.36 bits per heavy atom. The second kappa shape index (κ2) is 7.89. The van der Waals surface area contributed by atoms with Crippen LogP contribution in [0.15, 0.2) is 35.7 Å². The van der Waals surface area contributed by atoms with Gasteiger partial charge in [0.05, 0.1) is 11.0 Å². The third kappa shape index (κ3) is 4.32. The maximum atomic E-state index is 13.0. The van der Waals surface area contributed by atoms with Crippen molar-refractivity contribution in [2.45, 2.75) is 25.5 Å². The number of ether oxygens (including phenoxy) is 1. The van der Waals surface area contributed by atoms with Crippen molar-refractivity contribution >= 4 is 28.6 Å². The molecular formula is C19H25N3O2S. The van der Waals surface area contributed by atoms with Crippen LogP contribution < -0.4 is 10.6 Å². The summed E-state index contributed by atoms with van der Waals surface area (Å²) in [7, 11) is 4.00. The maximum Gasteiger partial charge on any atom is 0.264 e. The van der Waals surface area contributed by atoms with E-state index in [1.165, 1.54) is 11.3 Å². The van der Waals surface area contributed by atoms with Gasteiger partial charge in [0, 0.05) is 45.2 Å². The highest BCUT2D eigenvalue weighted by molar-refractivity contribution is 7.12. The lowest BCUT2D eigenvalue weighted by Crippen LogP contribution is -2.37. The highest BCUT2D eigenvalue weighted by atomic mass is 32.1. The number of carbonyl (C=O) groups excluding carboxylic acids is 1. The number of nitrogens with zero attached hydrogens (tertiary/aromatic N) is 2. The number of amides is 1. The van der Waals surface area contributed by atoms with Crippen molar-refractivity contribution in [3.8, 4) is 0 Å². The van der Waals surface area contributed by atoms with Crippen LogP contribution in [0.3, 0.4) is 0 Å². The summed E-state index contributed by atoms with van der Waals surface area (Å²) in [6.45, 7) is 1.92. The first-order valence-electron chi connectivity index (χ1n) is 8.54. The van der Waals surface area contributed by atoms with E-state index in [0.29, 0.717) is 18.8 Å². The fourth-order valence-corrected chi connectivity index (χ4v) is 3.87. The van der Waals surface area contributed by atoms with Crippen molar-refractivity contribution in [1.82, 2.24) is 4.90 Å². The van der Waals surface area contributed by atoms with Gasteiger partial charge in [-0.1, -0.05) is 6.07 Å². The van der Waals surface area contributed by atoms with Gasteiger partial charge in [-0.2, -0.15) is 0 Å². The number of anilines is 2. The van der Waals surface area contributed by atoms with Gasteiger partial charge in [0.1, 0.15) is 0 Å². The van der Waals surface area contributed by atoms with Crippen LogP contribution in [0.25, 0.3) is 0 Å². The minimum atomic E-state index is 0.0534. The summed E-state index contributed by atoms with van der Waals surface area (Å²) in [5, 5.41) is 1.93. The Hall–Kier alpha value is -2.05. The lowest BCUT2D eigenvalue weighted by atomic mass is 10.1. The predicted molar refractivity (Wildman–Crippen MR) is 103 cm³/mol. The molecule has 1 aliphatic heterocycles. The second-order valence-corrected chi connectivity index (χ2v) is 7.53. The first-order valence-corrected chi connectivity index (χ1v) is 9.42. The Labute approximate surface area is 153 Å². The molecular weight excluding hydrogens is 334 g/mol. The van der Waals surface area contributed by atoms with Crippen molar-refractivity contribution in [1.29, 1.82) is 0 Å². The lowest BCUT2D eigenvalue weighted by molar-refractivity contribution is 0.0511. The van der Waals surface area contributed by atoms with E-state index in [1.54, 1.807) is 0 Å². The third-order valence-electron chi connectivity index (χ3n) is 4.41. The highest BCUT2D eigenvalue weighted by Gasteiger charge is 2.25. The number of hydrogen-bond donors (Lipinski definition) is 1. The molecule has 0 saturated carbocycles. The maximum absolute atomic E-state index is 13.0. The topological polar surface area (TPSA) is 58.8 Å². The molecule has 0 bridgehead atoms. The number of nitrogens with two attached hydrogens (primary N) is 1. The molecule has 1 aliphatic rings. The van der Waals surface area contributed by atoms with E-state index in [0.717, 1.165) is 35.6 Å². The van der Waals surface area contributed by atoms with Gasteiger partial charge in [-0.3, -0.25) is 4.79 Å². The van der Waals surface area contributed by atoms with E-state index < -0.39 is 0 Å². The van der Waals surface area contributed by atoms with Gasteiger partial charge in [-0.15, -0.1) is 11.3 Å². The van der Waals surface area contributed by atoms with Gasteiger partial charge in [0.25, 0.3) is 5.91 Å². The van der Waals surface area contributed by atoms with Gasteiger partial charge in [-0.05, 0) is 48.1 Å². The highest BCUT2D eigenvalue weighted by Crippen LogP contribution is 2.25. The molecule has 3 rings (SSSR count). The Balaban J connectivity index is 1.86. The zero-order valence-electron chi connectivity index (χ0n) is 14.8. The molecule has 0 spiro atoms. The van der Waals surface area contributed by atoms with Crippen molar-refractivity contribution < 1.29 is 9.53 Å².